The summed E-state index contributed by atoms with van der Waals surface area (Å²) in [7, 11) is 0. The van der Waals surface area contributed by atoms with Crippen LogP contribution in [0.5, 0.6) is 5.75 Å². The molecule has 7 nitrogen and oxygen atoms in total. The highest BCUT2D eigenvalue weighted by Gasteiger charge is 2.47. The molecule has 40 heavy (non-hydrogen) atoms. The number of aromatic carboxylic acids is 1. The first-order chi connectivity index (χ1) is 19.3. The molecule has 0 amide bonds. The fourth-order valence-corrected chi connectivity index (χ4v) is 5.04. The zero-order valence-corrected chi connectivity index (χ0v) is 23.3. The van der Waals surface area contributed by atoms with Gasteiger partial charge in [-0.15, -0.1) is 0 Å². The van der Waals surface area contributed by atoms with Crippen LogP contribution in [0, 0.1) is 17.8 Å². The number of hydrogen-bond acceptors (Lipinski definition) is 6. The van der Waals surface area contributed by atoms with E-state index in [2.05, 4.69) is 30.6 Å². The van der Waals surface area contributed by atoms with E-state index in [4.69, 9.17) is 9.84 Å². The van der Waals surface area contributed by atoms with Crippen LogP contribution in [0.4, 0.5) is 0 Å². The van der Waals surface area contributed by atoms with Crippen LogP contribution in [0.3, 0.4) is 0 Å². The summed E-state index contributed by atoms with van der Waals surface area (Å²) in [5.74, 6) is 3.96. The maximum absolute atomic E-state index is 12.8. The van der Waals surface area contributed by atoms with Crippen molar-refractivity contribution in [3.63, 3.8) is 0 Å². The number of nitrogens with zero attached hydrogens (tertiary/aromatic N) is 1. The summed E-state index contributed by atoms with van der Waals surface area (Å²) >= 11 is 0. The van der Waals surface area contributed by atoms with Crippen molar-refractivity contribution in [2.75, 3.05) is 26.2 Å². The van der Waals surface area contributed by atoms with Crippen molar-refractivity contribution >= 4 is 22.7 Å². The van der Waals surface area contributed by atoms with Crippen molar-refractivity contribution in [2.45, 2.75) is 51.6 Å². The quantitative estimate of drug-likeness (QED) is 0.250. The first-order valence-electron chi connectivity index (χ1n) is 13.9. The lowest BCUT2D eigenvalue weighted by Gasteiger charge is -2.36. The zero-order valence-electron chi connectivity index (χ0n) is 23.3. The van der Waals surface area contributed by atoms with Gasteiger partial charge in [-0.05, 0) is 42.9 Å². The van der Waals surface area contributed by atoms with Crippen LogP contribution < -0.4 is 0 Å². The van der Waals surface area contributed by atoms with Crippen LogP contribution in [0.1, 0.15) is 61.9 Å². The van der Waals surface area contributed by atoms with Gasteiger partial charge >= 0.3 is 11.9 Å². The first kappa shape index (κ1) is 30.7. The molecule has 4 rings (SSSR count). The molecule has 0 saturated heterocycles. The number of hydrogen-bond donors (Lipinski definition) is 3. The highest BCUT2D eigenvalue weighted by molar-refractivity contribution is 6.00. The number of phenols is 1. The molecule has 0 aromatic heterocycles. The molecule has 3 N–H and O–H groups in total. The van der Waals surface area contributed by atoms with E-state index in [1.54, 1.807) is 18.2 Å². The number of rotatable bonds is 8. The van der Waals surface area contributed by atoms with Gasteiger partial charge in [0.25, 0.3) is 0 Å². The fraction of sp³-hybridized carbons (Fsp3) is 0.394. The van der Waals surface area contributed by atoms with Crippen molar-refractivity contribution in [3.8, 4) is 17.6 Å². The van der Waals surface area contributed by atoms with E-state index in [0.29, 0.717) is 17.5 Å². The van der Waals surface area contributed by atoms with Crippen molar-refractivity contribution in [1.82, 2.24) is 4.90 Å². The third kappa shape index (κ3) is 7.62. The molecule has 1 saturated carbocycles. The Hall–Kier alpha value is -3.86. The third-order valence-corrected chi connectivity index (χ3v) is 7.45. The average Bonchev–Trinajstić information content (AvgIpc) is 2.99. The van der Waals surface area contributed by atoms with E-state index in [1.807, 2.05) is 42.5 Å². The van der Waals surface area contributed by atoms with Gasteiger partial charge in [0.1, 0.15) is 11.3 Å². The third-order valence-electron chi connectivity index (χ3n) is 7.45. The van der Waals surface area contributed by atoms with Gasteiger partial charge in [-0.2, -0.15) is 0 Å². The Morgan fingerprint density at radius 2 is 1.57 bits per heavy atom. The lowest BCUT2D eigenvalue weighted by Crippen LogP contribution is -2.45. The number of esters is 1. The molecule has 1 aliphatic rings. The normalized spacial score (nSPS) is 14.8. The number of ether oxygens (including phenoxy) is 1. The summed E-state index contributed by atoms with van der Waals surface area (Å²) in [6, 6.07) is 19.4. The Labute approximate surface area is 236 Å². The van der Waals surface area contributed by atoms with Crippen molar-refractivity contribution in [3.05, 3.63) is 77.9 Å². The Bertz CT molecular complexity index is 1320. The smallest absolute Gasteiger partial charge is 0.344 e. The molecule has 0 spiro atoms. The van der Waals surface area contributed by atoms with E-state index in [0.717, 1.165) is 50.6 Å². The van der Waals surface area contributed by atoms with Crippen molar-refractivity contribution < 1.29 is 29.6 Å². The van der Waals surface area contributed by atoms with Crippen LogP contribution in [0.2, 0.25) is 0 Å². The van der Waals surface area contributed by atoms with Crippen molar-refractivity contribution in [1.29, 1.82) is 0 Å². The SMILES string of the molecule is CCN(CC)CC#CCOC(=O)C(O)(c1ccccc1)C1CCCCC1.O=C(O)c1ccc2ccccc2c1O. The molecule has 1 aliphatic carbocycles. The Balaban J connectivity index is 0.000000263. The number of fused-ring (bicyclic) bond motifs is 1. The molecule has 1 fully saturated rings. The molecule has 1 unspecified atom stereocenters. The predicted molar refractivity (Wildman–Crippen MR) is 156 cm³/mol. The molecule has 1 atom stereocenters. The molecule has 3 aromatic carbocycles. The van der Waals surface area contributed by atoms with E-state index >= 15 is 0 Å². The second kappa shape index (κ2) is 15.1. The second-order valence-corrected chi connectivity index (χ2v) is 9.85. The number of carboxylic acids is 1. The summed E-state index contributed by atoms with van der Waals surface area (Å²) in [5, 5.41) is 31.2. The fourth-order valence-electron chi connectivity index (χ4n) is 5.04. The van der Waals surface area contributed by atoms with E-state index in [-0.39, 0.29) is 23.8 Å². The van der Waals surface area contributed by atoms with Gasteiger partial charge < -0.3 is 20.1 Å². The van der Waals surface area contributed by atoms with Crippen molar-refractivity contribution in [2.24, 2.45) is 5.92 Å². The van der Waals surface area contributed by atoms with Crippen LogP contribution in [-0.4, -0.2) is 58.4 Å². The zero-order chi connectivity index (χ0) is 29.0. The monoisotopic (exact) mass is 545 g/mol. The Morgan fingerprint density at radius 1 is 0.925 bits per heavy atom. The Kier molecular flexibility index (Phi) is 11.6. The number of aliphatic hydroxyl groups is 1. The van der Waals surface area contributed by atoms with Gasteiger partial charge in [0.15, 0.2) is 12.2 Å². The predicted octanol–water partition coefficient (Wildman–Crippen LogP) is 5.59. The summed E-state index contributed by atoms with van der Waals surface area (Å²) in [5.41, 5.74) is -1.03. The summed E-state index contributed by atoms with van der Waals surface area (Å²) in [4.78, 5) is 25.7. The minimum Gasteiger partial charge on any atom is -0.506 e. The molecule has 0 aliphatic heterocycles. The minimum absolute atomic E-state index is 0.0158. The molecular weight excluding hydrogens is 506 g/mol. The van der Waals surface area contributed by atoms with E-state index in [1.165, 1.54) is 6.07 Å². The van der Waals surface area contributed by atoms with Gasteiger partial charge in [0.2, 0.25) is 0 Å². The summed E-state index contributed by atoms with van der Waals surface area (Å²) in [6.07, 6.45) is 4.92. The number of carbonyl (C=O) groups excluding carboxylic acids is 1. The topological polar surface area (TPSA) is 107 Å². The number of carboxylic acid groups (broad SMARTS) is 1. The number of aromatic hydroxyl groups is 1. The molecule has 3 aromatic rings. The van der Waals surface area contributed by atoms with Gasteiger partial charge in [-0.1, -0.05) is 106 Å². The molecule has 0 heterocycles. The van der Waals surface area contributed by atoms with Gasteiger partial charge in [0, 0.05) is 11.3 Å². The van der Waals surface area contributed by atoms with Gasteiger partial charge in [-0.25, -0.2) is 9.59 Å². The number of carbonyl (C=O) groups is 2. The second-order valence-electron chi connectivity index (χ2n) is 9.85. The highest BCUT2D eigenvalue weighted by Crippen LogP contribution is 2.40. The largest absolute Gasteiger partial charge is 0.506 e. The standard InChI is InChI=1S/C22H31NO3.C11H8O3/c1-3-23(4-2)17-11-12-18-26-21(24)22(25,19-13-7-5-8-14-19)20-15-9-6-10-16-20;12-10-8-4-2-1-3-7(8)5-6-9(10)11(13)14/h5,7-8,13-14,20,25H,3-4,6,9-10,15-18H2,1-2H3;1-6,12H,(H,13,14). The average molecular weight is 546 g/mol. The lowest BCUT2D eigenvalue weighted by molar-refractivity contribution is -0.174. The summed E-state index contributed by atoms with van der Waals surface area (Å²) in [6.45, 7) is 6.75. The lowest BCUT2D eigenvalue weighted by atomic mass is 9.73. The maximum atomic E-state index is 12.8. The van der Waals surface area contributed by atoms with Gasteiger partial charge in [0.05, 0.1) is 6.54 Å². The van der Waals surface area contributed by atoms with Crippen LogP contribution in [0.15, 0.2) is 66.7 Å². The first-order valence-corrected chi connectivity index (χ1v) is 13.9. The maximum Gasteiger partial charge on any atom is 0.344 e. The van der Waals surface area contributed by atoms with Crippen LogP contribution >= 0.6 is 0 Å². The minimum atomic E-state index is -1.58. The number of benzene rings is 3. The van der Waals surface area contributed by atoms with Gasteiger partial charge in [-0.3, -0.25) is 4.90 Å². The van der Waals surface area contributed by atoms with E-state index < -0.39 is 17.5 Å². The van der Waals surface area contributed by atoms with Crippen LogP contribution in [0.25, 0.3) is 10.8 Å². The molecule has 0 radical (unpaired) electrons. The molecule has 212 valence electrons. The van der Waals surface area contributed by atoms with E-state index in [9.17, 15) is 19.8 Å². The molecule has 0 bridgehead atoms. The summed E-state index contributed by atoms with van der Waals surface area (Å²) < 4.78 is 5.38. The highest BCUT2D eigenvalue weighted by atomic mass is 16.5. The molecular formula is C33H39NO6. The molecule has 7 heteroatoms. The van der Waals surface area contributed by atoms with Crippen LogP contribution in [-0.2, 0) is 15.1 Å². The Morgan fingerprint density at radius 3 is 2.23 bits per heavy atom.